The fraction of sp³-hybridized carbons (Fsp3) is 0.417. The smallest absolute Gasteiger partial charge is 0.254 e. The molecule has 0 aromatic heterocycles. The largest absolute Gasteiger partial charge is 0.383 e. The fourth-order valence-electron chi connectivity index (χ4n) is 1.64. The van der Waals surface area contributed by atoms with Gasteiger partial charge in [0.1, 0.15) is 0 Å². The van der Waals surface area contributed by atoms with Crippen LogP contribution in [0.2, 0.25) is 0 Å². The van der Waals surface area contributed by atoms with E-state index in [4.69, 9.17) is 9.88 Å². The predicted molar refractivity (Wildman–Crippen MR) is 79.0 cm³/mol. The summed E-state index contributed by atoms with van der Waals surface area (Å²) in [6.07, 6.45) is 0. The molecule has 0 spiro atoms. The Bertz CT molecular complexity index is 589. The van der Waals surface area contributed by atoms with Crippen LogP contribution in [0, 0.1) is 0 Å². The van der Waals surface area contributed by atoms with Crippen molar-refractivity contribution in [1.82, 2.24) is 4.90 Å². The summed E-state index contributed by atoms with van der Waals surface area (Å²) >= 11 is 3.18. The van der Waals surface area contributed by atoms with E-state index in [1.165, 1.54) is 12.1 Å². The topological polar surface area (TPSA) is 89.7 Å². The van der Waals surface area contributed by atoms with Gasteiger partial charge in [-0.2, -0.15) is 0 Å². The second-order valence-electron chi connectivity index (χ2n) is 4.10. The highest BCUT2D eigenvalue weighted by Gasteiger charge is 2.18. The number of ether oxygens (including phenoxy) is 1. The second kappa shape index (κ2) is 7.16. The van der Waals surface area contributed by atoms with E-state index in [9.17, 15) is 13.2 Å². The van der Waals surface area contributed by atoms with E-state index in [1.54, 1.807) is 18.1 Å². The number of primary sulfonamides is 1. The number of halogens is 1. The molecule has 2 N–H and O–H groups in total. The molecule has 1 rings (SSSR count). The van der Waals surface area contributed by atoms with Gasteiger partial charge in [-0.05, 0) is 25.1 Å². The zero-order valence-electron chi connectivity index (χ0n) is 11.3. The molecule has 0 unspecified atom stereocenters. The van der Waals surface area contributed by atoms with E-state index in [-0.39, 0.29) is 16.4 Å². The van der Waals surface area contributed by atoms with Crippen molar-refractivity contribution in [3.05, 3.63) is 28.2 Å². The average Bonchev–Trinajstić information content (AvgIpc) is 2.37. The number of nitrogens with two attached hydrogens (primary N) is 1. The zero-order valence-corrected chi connectivity index (χ0v) is 13.7. The molecule has 0 aliphatic carbocycles. The Labute approximate surface area is 127 Å². The van der Waals surface area contributed by atoms with Crippen molar-refractivity contribution >= 4 is 31.9 Å². The van der Waals surface area contributed by atoms with Crippen LogP contribution in [0.1, 0.15) is 17.3 Å². The number of carbonyl (C=O) groups is 1. The van der Waals surface area contributed by atoms with Crippen LogP contribution >= 0.6 is 15.9 Å². The Morgan fingerprint density at radius 3 is 2.55 bits per heavy atom. The molecule has 0 radical (unpaired) electrons. The fourth-order valence-corrected chi connectivity index (χ4v) is 2.87. The minimum Gasteiger partial charge on any atom is -0.383 e. The summed E-state index contributed by atoms with van der Waals surface area (Å²) in [5.74, 6) is -0.268. The number of hydrogen-bond donors (Lipinski definition) is 1. The maximum Gasteiger partial charge on any atom is 0.254 e. The number of likely N-dealkylation sites (N-methyl/N-ethyl adjacent to an activating group) is 1. The number of benzene rings is 1. The van der Waals surface area contributed by atoms with E-state index in [2.05, 4.69) is 15.9 Å². The Kier molecular flexibility index (Phi) is 6.12. The van der Waals surface area contributed by atoms with Crippen LogP contribution in [-0.2, 0) is 14.8 Å². The van der Waals surface area contributed by atoms with Crippen LogP contribution in [0.3, 0.4) is 0 Å². The van der Waals surface area contributed by atoms with Crippen molar-refractivity contribution in [3.8, 4) is 0 Å². The molecule has 1 aromatic rings. The maximum atomic E-state index is 12.3. The molecule has 0 atom stereocenters. The summed E-state index contributed by atoms with van der Waals surface area (Å²) in [5, 5.41) is 5.09. The van der Waals surface area contributed by atoms with Gasteiger partial charge in [0, 0.05) is 30.2 Å². The monoisotopic (exact) mass is 364 g/mol. The molecule has 0 aliphatic rings. The average molecular weight is 365 g/mol. The van der Waals surface area contributed by atoms with Gasteiger partial charge in [0.05, 0.1) is 11.5 Å². The molecule has 6 nitrogen and oxygen atoms in total. The van der Waals surface area contributed by atoms with Crippen LogP contribution in [0.5, 0.6) is 0 Å². The van der Waals surface area contributed by atoms with Crippen molar-refractivity contribution in [1.29, 1.82) is 0 Å². The predicted octanol–water partition coefficient (Wildman–Crippen LogP) is 1.21. The third-order valence-electron chi connectivity index (χ3n) is 2.68. The summed E-state index contributed by atoms with van der Waals surface area (Å²) < 4.78 is 28.2. The van der Waals surface area contributed by atoms with Crippen molar-refractivity contribution in [2.45, 2.75) is 11.8 Å². The number of sulfonamides is 1. The Morgan fingerprint density at radius 2 is 2.05 bits per heavy atom. The molecule has 0 fully saturated rings. The first-order valence-electron chi connectivity index (χ1n) is 5.91. The Hall–Kier alpha value is -0.960. The van der Waals surface area contributed by atoms with Crippen LogP contribution in [0.4, 0.5) is 0 Å². The van der Waals surface area contributed by atoms with E-state index >= 15 is 0 Å². The number of nitrogens with zero attached hydrogens (tertiary/aromatic N) is 1. The van der Waals surface area contributed by atoms with Gasteiger partial charge in [0.25, 0.3) is 5.91 Å². The number of hydrogen-bond acceptors (Lipinski definition) is 4. The maximum absolute atomic E-state index is 12.3. The second-order valence-corrected chi connectivity index (χ2v) is 6.58. The summed E-state index contributed by atoms with van der Waals surface area (Å²) in [6, 6.07) is 4.20. The number of methoxy groups -OCH3 is 1. The molecule has 112 valence electrons. The highest BCUT2D eigenvalue weighted by molar-refractivity contribution is 9.10. The molecule has 1 aromatic carbocycles. The van der Waals surface area contributed by atoms with E-state index < -0.39 is 10.0 Å². The highest BCUT2D eigenvalue weighted by Crippen LogP contribution is 2.20. The molecule has 0 aliphatic heterocycles. The molecular weight excluding hydrogens is 348 g/mol. The standard InChI is InChI=1S/C12H17BrN2O4S/c1-3-15(4-5-19-2)12(16)9-6-10(13)8-11(7-9)20(14,17)18/h6-8H,3-5H2,1-2H3,(H2,14,17,18). The number of rotatable bonds is 6. The molecule has 0 bridgehead atoms. The number of amides is 1. The third kappa shape index (κ3) is 4.55. The van der Waals surface area contributed by atoms with Gasteiger partial charge in [-0.15, -0.1) is 0 Å². The van der Waals surface area contributed by atoms with Crippen LogP contribution < -0.4 is 5.14 Å². The summed E-state index contributed by atoms with van der Waals surface area (Å²) in [6.45, 7) is 3.18. The summed E-state index contributed by atoms with van der Waals surface area (Å²) in [5.41, 5.74) is 0.265. The van der Waals surface area contributed by atoms with Gasteiger partial charge in [0.15, 0.2) is 0 Å². The minimum atomic E-state index is -3.86. The van der Waals surface area contributed by atoms with E-state index in [0.29, 0.717) is 24.2 Å². The van der Waals surface area contributed by atoms with Crippen molar-refractivity contribution in [2.24, 2.45) is 5.14 Å². The lowest BCUT2D eigenvalue weighted by atomic mass is 10.2. The summed E-state index contributed by atoms with van der Waals surface area (Å²) in [4.78, 5) is 13.8. The van der Waals surface area contributed by atoms with Crippen LogP contribution in [0.15, 0.2) is 27.6 Å². The first-order valence-corrected chi connectivity index (χ1v) is 8.25. The SMILES string of the molecule is CCN(CCOC)C(=O)c1cc(Br)cc(S(N)(=O)=O)c1. The van der Waals surface area contributed by atoms with Gasteiger partial charge >= 0.3 is 0 Å². The number of carbonyl (C=O) groups excluding carboxylic acids is 1. The van der Waals surface area contributed by atoms with Gasteiger partial charge in [0.2, 0.25) is 10.0 Å². The van der Waals surface area contributed by atoms with Crippen LogP contribution in [0.25, 0.3) is 0 Å². The molecule has 0 heterocycles. The molecule has 1 amide bonds. The molecule has 0 saturated carbocycles. The zero-order chi connectivity index (χ0) is 15.3. The van der Waals surface area contributed by atoms with Gasteiger partial charge in [-0.3, -0.25) is 4.79 Å². The first kappa shape index (κ1) is 17.1. The molecule has 0 saturated heterocycles. The van der Waals surface area contributed by atoms with Crippen molar-refractivity contribution < 1.29 is 17.9 Å². The van der Waals surface area contributed by atoms with Gasteiger partial charge < -0.3 is 9.64 Å². The first-order chi connectivity index (χ1) is 9.29. The van der Waals surface area contributed by atoms with E-state index in [0.717, 1.165) is 0 Å². The van der Waals surface area contributed by atoms with Crippen LogP contribution in [-0.4, -0.2) is 46.0 Å². The van der Waals surface area contributed by atoms with Crippen molar-refractivity contribution in [3.63, 3.8) is 0 Å². The molecule has 20 heavy (non-hydrogen) atoms. The minimum absolute atomic E-state index is 0.0991. The quantitative estimate of drug-likeness (QED) is 0.821. The van der Waals surface area contributed by atoms with E-state index in [1.807, 2.05) is 6.92 Å². The van der Waals surface area contributed by atoms with Gasteiger partial charge in [-0.25, -0.2) is 13.6 Å². The Morgan fingerprint density at radius 1 is 1.40 bits per heavy atom. The summed E-state index contributed by atoms with van der Waals surface area (Å²) in [7, 11) is -2.30. The molecule has 8 heteroatoms. The lowest BCUT2D eigenvalue weighted by Crippen LogP contribution is -2.33. The lowest BCUT2D eigenvalue weighted by molar-refractivity contribution is 0.0706. The Balaban J connectivity index is 3.12. The molecular formula is C12H17BrN2O4S. The normalized spacial score (nSPS) is 11.4. The van der Waals surface area contributed by atoms with Gasteiger partial charge in [-0.1, -0.05) is 15.9 Å². The third-order valence-corrected chi connectivity index (χ3v) is 4.03. The highest BCUT2D eigenvalue weighted by atomic mass is 79.9. The van der Waals surface area contributed by atoms with Crippen molar-refractivity contribution in [2.75, 3.05) is 26.8 Å². The lowest BCUT2D eigenvalue weighted by Gasteiger charge is -2.20.